The summed E-state index contributed by atoms with van der Waals surface area (Å²) in [6.07, 6.45) is 1.80. The second-order valence-corrected chi connectivity index (χ2v) is 6.02. The van der Waals surface area contributed by atoms with Gasteiger partial charge in [-0.3, -0.25) is 0 Å². The second kappa shape index (κ2) is 5.48. The minimum Gasteiger partial charge on any atom is -0.315 e. The molecule has 2 rings (SSSR count). The first-order chi connectivity index (χ1) is 8.62. The lowest BCUT2D eigenvalue weighted by molar-refractivity contribution is 0.428. The smallest absolute Gasteiger partial charge is 0.240 e. The van der Waals surface area contributed by atoms with Gasteiger partial charge in [-0.1, -0.05) is 6.07 Å². The quantitative estimate of drug-likeness (QED) is 0.838. The van der Waals surface area contributed by atoms with Crippen molar-refractivity contribution in [1.29, 1.82) is 5.26 Å². The lowest BCUT2D eigenvalue weighted by Gasteiger charge is -2.23. The Morgan fingerprint density at radius 1 is 1.44 bits per heavy atom. The Balaban J connectivity index is 2.17. The number of benzene rings is 1. The summed E-state index contributed by atoms with van der Waals surface area (Å²) in [6.45, 7) is 1.58. The summed E-state index contributed by atoms with van der Waals surface area (Å²) in [5.41, 5.74) is 0.347. The highest BCUT2D eigenvalue weighted by molar-refractivity contribution is 7.89. The molecule has 1 aromatic rings. The molecule has 5 nitrogen and oxygen atoms in total. The Morgan fingerprint density at radius 3 is 2.94 bits per heavy atom. The maximum atomic E-state index is 12.1. The molecule has 1 saturated heterocycles. The molecule has 1 heterocycles. The molecule has 1 aliphatic heterocycles. The predicted octanol–water partition coefficient (Wildman–Crippen LogP) is 0.589. The van der Waals surface area contributed by atoms with Gasteiger partial charge in [0.15, 0.2) is 0 Å². The first-order valence-electron chi connectivity index (χ1n) is 5.85. The summed E-state index contributed by atoms with van der Waals surface area (Å²) >= 11 is 0. The molecule has 1 fully saturated rings. The van der Waals surface area contributed by atoms with E-state index in [1.165, 1.54) is 12.1 Å². The van der Waals surface area contributed by atoms with Crippen LogP contribution >= 0.6 is 0 Å². The zero-order valence-electron chi connectivity index (χ0n) is 9.89. The van der Waals surface area contributed by atoms with Crippen molar-refractivity contribution in [3.8, 4) is 6.07 Å². The molecular weight excluding hydrogens is 250 g/mol. The van der Waals surface area contributed by atoms with Gasteiger partial charge < -0.3 is 5.32 Å². The Bertz CT molecular complexity index is 557. The van der Waals surface area contributed by atoms with E-state index in [0.717, 1.165) is 19.4 Å². The topological polar surface area (TPSA) is 82.0 Å². The molecule has 1 aliphatic rings. The van der Waals surface area contributed by atoms with E-state index < -0.39 is 10.0 Å². The van der Waals surface area contributed by atoms with Crippen molar-refractivity contribution in [3.63, 3.8) is 0 Å². The molecule has 1 atom stereocenters. The van der Waals surface area contributed by atoms with E-state index in [0.29, 0.717) is 12.1 Å². The van der Waals surface area contributed by atoms with Crippen LogP contribution < -0.4 is 10.0 Å². The zero-order valence-corrected chi connectivity index (χ0v) is 10.7. The molecule has 0 saturated carbocycles. The minimum atomic E-state index is -3.53. The van der Waals surface area contributed by atoms with E-state index in [2.05, 4.69) is 10.0 Å². The van der Waals surface area contributed by atoms with Crippen molar-refractivity contribution >= 4 is 10.0 Å². The highest BCUT2D eigenvalue weighted by Crippen LogP contribution is 2.13. The Kier molecular flexibility index (Phi) is 3.97. The Hall–Kier alpha value is -1.42. The highest BCUT2D eigenvalue weighted by atomic mass is 32.2. The molecule has 96 valence electrons. The van der Waals surface area contributed by atoms with Gasteiger partial charge >= 0.3 is 0 Å². The first kappa shape index (κ1) is 13.0. The Labute approximate surface area is 107 Å². The van der Waals surface area contributed by atoms with Crippen LogP contribution in [-0.4, -0.2) is 27.5 Å². The normalized spacial score (nSPS) is 20.3. The molecule has 1 aromatic carbocycles. The third-order valence-electron chi connectivity index (χ3n) is 2.89. The van der Waals surface area contributed by atoms with Crippen molar-refractivity contribution in [3.05, 3.63) is 29.8 Å². The third kappa shape index (κ3) is 3.07. The number of rotatable bonds is 3. The molecule has 18 heavy (non-hydrogen) atoms. The number of sulfonamides is 1. The first-order valence-corrected chi connectivity index (χ1v) is 7.33. The fourth-order valence-corrected chi connectivity index (χ4v) is 3.29. The number of piperidine rings is 1. The monoisotopic (exact) mass is 265 g/mol. The average molecular weight is 265 g/mol. The number of hydrogen-bond acceptors (Lipinski definition) is 4. The summed E-state index contributed by atoms with van der Waals surface area (Å²) in [4.78, 5) is 0.145. The molecule has 0 spiro atoms. The lowest BCUT2D eigenvalue weighted by Crippen LogP contribution is -2.45. The van der Waals surface area contributed by atoms with E-state index in [-0.39, 0.29) is 10.9 Å². The molecule has 6 heteroatoms. The van der Waals surface area contributed by atoms with Gasteiger partial charge in [-0.15, -0.1) is 0 Å². The lowest BCUT2D eigenvalue weighted by atomic mass is 10.1. The number of nitrogens with one attached hydrogen (secondary N) is 2. The van der Waals surface area contributed by atoms with E-state index in [1.54, 1.807) is 12.1 Å². The van der Waals surface area contributed by atoms with Crippen LogP contribution in [0.25, 0.3) is 0 Å². The fourth-order valence-electron chi connectivity index (χ4n) is 1.97. The standard InChI is InChI=1S/C12H15N3O2S/c13-8-10-3-1-5-12(7-10)18(16,17)15-11-4-2-6-14-9-11/h1,3,5,7,11,14-15H,2,4,6,9H2/t11-/m0/s1. The van der Waals surface area contributed by atoms with Crippen LogP contribution in [0.2, 0.25) is 0 Å². The molecule has 0 unspecified atom stereocenters. The van der Waals surface area contributed by atoms with Gasteiger partial charge in [0.2, 0.25) is 10.0 Å². The zero-order chi connectivity index (χ0) is 13.0. The van der Waals surface area contributed by atoms with Crippen molar-refractivity contribution in [2.45, 2.75) is 23.8 Å². The molecular formula is C12H15N3O2S. The summed E-state index contributed by atoms with van der Waals surface area (Å²) in [5.74, 6) is 0. The molecule has 0 radical (unpaired) electrons. The molecule has 0 bridgehead atoms. The van der Waals surface area contributed by atoms with Crippen LogP contribution in [0.4, 0.5) is 0 Å². The summed E-state index contributed by atoms with van der Waals surface area (Å²) < 4.78 is 26.9. The van der Waals surface area contributed by atoms with Crippen molar-refractivity contribution in [1.82, 2.24) is 10.0 Å². The van der Waals surface area contributed by atoms with Crippen LogP contribution in [-0.2, 0) is 10.0 Å². The highest BCUT2D eigenvalue weighted by Gasteiger charge is 2.21. The van der Waals surface area contributed by atoms with Crippen molar-refractivity contribution in [2.75, 3.05) is 13.1 Å². The maximum absolute atomic E-state index is 12.1. The van der Waals surface area contributed by atoms with Gasteiger partial charge in [0.05, 0.1) is 16.5 Å². The summed E-state index contributed by atoms with van der Waals surface area (Å²) in [5, 5.41) is 11.9. The van der Waals surface area contributed by atoms with E-state index in [9.17, 15) is 8.42 Å². The van der Waals surface area contributed by atoms with Gasteiger partial charge in [-0.05, 0) is 37.6 Å². The van der Waals surface area contributed by atoms with Crippen molar-refractivity contribution < 1.29 is 8.42 Å². The molecule has 0 aliphatic carbocycles. The van der Waals surface area contributed by atoms with Gasteiger partial charge in [0, 0.05) is 12.6 Å². The van der Waals surface area contributed by atoms with Crippen LogP contribution in [0, 0.1) is 11.3 Å². The number of hydrogen-bond donors (Lipinski definition) is 2. The number of nitriles is 1. The minimum absolute atomic E-state index is 0.0745. The maximum Gasteiger partial charge on any atom is 0.240 e. The van der Waals surface area contributed by atoms with Crippen LogP contribution in [0.1, 0.15) is 18.4 Å². The predicted molar refractivity (Wildman–Crippen MR) is 67.4 cm³/mol. The molecule has 2 N–H and O–H groups in total. The van der Waals surface area contributed by atoms with Crippen molar-refractivity contribution in [2.24, 2.45) is 0 Å². The van der Waals surface area contributed by atoms with Crippen LogP contribution in [0.3, 0.4) is 0 Å². The largest absolute Gasteiger partial charge is 0.315 e. The van der Waals surface area contributed by atoms with Gasteiger partial charge in [0.25, 0.3) is 0 Å². The second-order valence-electron chi connectivity index (χ2n) is 4.30. The van der Waals surface area contributed by atoms with Gasteiger partial charge in [-0.25, -0.2) is 13.1 Å². The molecule has 0 aromatic heterocycles. The van der Waals surface area contributed by atoms with Crippen LogP contribution in [0.5, 0.6) is 0 Å². The average Bonchev–Trinajstić information content (AvgIpc) is 2.39. The molecule has 0 amide bonds. The van der Waals surface area contributed by atoms with E-state index in [4.69, 9.17) is 5.26 Å². The van der Waals surface area contributed by atoms with Gasteiger partial charge in [-0.2, -0.15) is 5.26 Å². The Morgan fingerprint density at radius 2 is 2.28 bits per heavy atom. The number of nitrogens with zero attached hydrogens (tertiary/aromatic N) is 1. The van der Waals surface area contributed by atoms with Crippen LogP contribution in [0.15, 0.2) is 29.2 Å². The van der Waals surface area contributed by atoms with E-state index in [1.807, 2.05) is 6.07 Å². The van der Waals surface area contributed by atoms with E-state index >= 15 is 0 Å². The third-order valence-corrected chi connectivity index (χ3v) is 4.41. The summed E-state index contributed by atoms with van der Waals surface area (Å²) in [7, 11) is -3.53. The SMILES string of the molecule is N#Cc1cccc(S(=O)(=O)N[C@H]2CCCNC2)c1. The fraction of sp³-hybridized carbons (Fsp3) is 0.417. The van der Waals surface area contributed by atoms with Gasteiger partial charge in [0.1, 0.15) is 0 Å². The summed E-state index contributed by atoms with van der Waals surface area (Å²) in [6, 6.07) is 7.91.